The SMILES string of the molecule is O=C(Nc1ccc(I)cc1)c1cc(-c2ccc(Cl)cc2)on1. The Kier molecular flexibility index (Phi) is 4.44. The van der Waals surface area contributed by atoms with Crippen molar-refractivity contribution in [3.63, 3.8) is 0 Å². The van der Waals surface area contributed by atoms with Gasteiger partial charge in [0.1, 0.15) is 0 Å². The van der Waals surface area contributed by atoms with E-state index in [0.717, 1.165) is 9.13 Å². The fraction of sp³-hybridized carbons (Fsp3) is 0. The zero-order chi connectivity index (χ0) is 15.5. The van der Waals surface area contributed by atoms with Crippen LogP contribution in [-0.4, -0.2) is 11.1 Å². The number of amides is 1. The van der Waals surface area contributed by atoms with Gasteiger partial charge in [0.15, 0.2) is 11.5 Å². The van der Waals surface area contributed by atoms with Crippen LogP contribution in [0.2, 0.25) is 5.02 Å². The molecule has 0 fully saturated rings. The molecule has 1 heterocycles. The maximum Gasteiger partial charge on any atom is 0.277 e. The van der Waals surface area contributed by atoms with E-state index in [9.17, 15) is 4.79 Å². The van der Waals surface area contributed by atoms with Gasteiger partial charge in [0.2, 0.25) is 0 Å². The van der Waals surface area contributed by atoms with Crippen molar-refractivity contribution in [2.45, 2.75) is 0 Å². The molecule has 0 atom stereocenters. The number of benzene rings is 2. The molecule has 0 saturated heterocycles. The molecule has 0 bridgehead atoms. The van der Waals surface area contributed by atoms with Crippen molar-refractivity contribution >= 4 is 45.8 Å². The molecule has 0 aliphatic rings. The van der Waals surface area contributed by atoms with Crippen molar-refractivity contribution < 1.29 is 9.32 Å². The van der Waals surface area contributed by atoms with Gasteiger partial charge < -0.3 is 9.84 Å². The molecule has 3 rings (SSSR count). The van der Waals surface area contributed by atoms with Crippen LogP contribution in [0.15, 0.2) is 59.1 Å². The third kappa shape index (κ3) is 3.48. The number of carbonyl (C=O) groups excluding carboxylic acids is 1. The number of nitrogens with one attached hydrogen (secondary N) is 1. The maximum atomic E-state index is 12.1. The van der Waals surface area contributed by atoms with Gasteiger partial charge in [-0.1, -0.05) is 16.8 Å². The second-order valence-electron chi connectivity index (χ2n) is 4.54. The number of rotatable bonds is 3. The molecule has 0 unspecified atom stereocenters. The molecule has 4 nitrogen and oxygen atoms in total. The molecule has 1 N–H and O–H groups in total. The number of halogens is 2. The van der Waals surface area contributed by atoms with Crippen molar-refractivity contribution in [3.05, 3.63) is 68.9 Å². The van der Waals surface area contributed by atoms with E-state index in [2.05, 4.69) is 33.1 Å². The lowest BCUT2D eigenvalue weighted by Crippen LogP contribution is -2.11. The first kappa shape index (κ1) is 15.1. The predicted molar refractivity (Wildman–Crippen MR) is 94.1 cm³/mol. The second kappa shape index (κ2) is 6.50. The molecule has 0 radical (unpaired) electrons. The lowest BCUT2D eigenvalue weighted by Gasteiger charge is -2.02. The summed E-state index contributed by atoms with van der Waals surface area (Å²) in [4.78, 5) is 12.1. The van der Waals surface area contributed by atoms with Crippen molar-refractivity contribution in [2.24, 2.45) is 0 Å². The first-order valence-electron chi connectivity index (χ1n) is 6.41. The van der Waals surface area contributed by atoms with Crippen molar-refractivity contribution in [2.75, 3.05) is 5.32 Å². The summed E-state index contributed by atoms with van der Waals surface area (Å²) in [6.45, 7) is 0. The van der Waals surface area contributed by atoms with Crippen LogP contribution < -0.4 is 5.32 Å². The van der Waals surface area contributed by atoms with E-state index in [1.165, 1.54) is 0 Å². The second-order valence-corrected chi connectivity index (χ2v) is 6.23. The van der Waals surface area contributed by atoms with E-state index in [1.807, 2.05) is 36.4 Å². The fourth-order valence-corrected chi connectivity index (χ4v) is 2.35. The molecule has 1 amide bonds. The first-order valence-corrected chi connectivity index (χ1v) is 7.87. The minimum Gasteiger partial charge on any atom is -0.355 e. The Balaban J connectivity index is 1.76. The normalized spacial score (nSPS) is 10.5. The molecular weight excluding hydrogens is 415 g/mol. The van der Waals surface area contributed by atoms with Gasteiger partial charge in [-0.2, -0.15) is 0 Å². The van der Waals surface area contributed by atoms with Gasteiger partial charge in [0, 0.05) is 25.9 Å². The Labute approximate surface area is 145 Å². The Bertz CT molecular complexity index is 798. The largest absolute Gasteiger partial charge is 0.355 e. The van der Waals surface area contributed by atoms with Gasteiger partial charge in [-0.25, -0.2) is 0 Å². The summed E-state index contributed by atoms with van der Waals surface area (Å²) in [6.07, 6.45) is 0. The summed E-state index contributed by atoms with van der Waals surface area (Å²) in [5.74, 6) is 0.203. The monoisotopic (exact) mass is 424 g/mol. The molecule has 22 heavy (non-hydrogen) atoms. The molecule has 2 aromatic carbocycles. The van der Waals surface area contributed by atoms with Gasteiger partial charge in [-0.3, -0.25) is 4.79 Å². The van der Waals surface area contributed by atoms with Crippen LogP contribution in [0.4, 0.5) is 5.69 Å². The number of hydrogen-bond donors (Lipinski definition) is 1. The minimum atomic E-state index is -0.315. The van der Waals surface area contributed by atoms with Crippen molar-refractivity contribution in [1.29, 1.82) is 0 Å². The Morgan fingerprint density at radius 3 is 2.45 bits per heavy atom. The smallest absolute Gasteiger partial charge is 0.277 e. The van der Waals surface area contributed by atoms with E-state index in [4.69, 9.17) is 16.1 Å². The van der Waals surface area contributed by atoms with E-state index < -0.39 is 0 Å². The first-order chi connectivity index (χ1) is 10.6. The topological polar surface area (TPSA) is 55.1 Å². The molecule has 0 aliphatic heterocycles. The quantitative estimate of drug-likeness (QED) is 0.612. The van der Waals surface area contributed by atoms with Crippen LogP contribution in [-0.2, 0) is 0 Å². The zero-order valence-corrected chi connectivity index (χ0v) is 14.1. The highest BCUT2D eigenvalue weighted by molar-refractivity contribution is 14.1. The average Bonchev–Trinajstić information content (AvgIpc) is 3.00. The van der Waals surface area contributed by atoms with Crippen LogP contribution in [0.5, 0.6) is 0 Å². The van der Waals surface area contributed by atoms with E-state index in [-0.39, 0.29) is 11.6 Å². The maximum absolute atomic E-state index is 12.1. The lowest BCUT2D eigenvalue weighted by molar-refractivity contribution is 0.101. The molecule has 0 saturated carbocycles. The van der Waals surface area contributed by atoms with Gasteiger partial charge in [-0.05, 0) is 71.1 Å². The van der Waals surface area contributed by atoms with Gasteiger partial charge in [0.25, 0.3) is 5.91 Å². The van der Waals surface area contributed by atoms with Crippen LogP contribution >= 0.6 is 34.2 Å². The summed E-state index contributed by atoms with van der Waals surface area (Å²) < 4.78 is 6.31. The minimum absolute atomic E-state index is 0.225. The van der Waals surface area contributed by atoms with E-state index in [0.29, 0.717) is 16.5 Å². The fourth-order valence-electron chi connectivity index (χ4n) is 1.86. The van der Waals surface area contributed by atoms with Gasteiger partial charge >= 0.3 is 0 Å². The molecule has 6 heteroatoms. The highest BCUT2D eigenvalue weighted by Gasteiger charge is 2.14. The van der Waals surface area contributed by atoms with E-state index >= 15 is 0 Å². The predicted octanol–water partition coefficient (Wildman–Crippen LogP) is 4.85. The highest BCUT2D eigenvalue weighted by atomic mass is 127. The summed E-state index contributed by atoms with van der Waals surface area (Å²) in [7, 11) is 0. The number of carbonyl (C=O) groups is 1. The summed E-state index contributed by atoms with van der Waals surface area (Å²) in [5, 5.41) is 7.22. The van der Waals surface area contributed by atoms with Gasteiger partial charge in [0.05, 0.1) is 0 Å². The van der Waals surface area contributed by atoms with Crippen LogP contribution in [0.3, 0.4) is 0 Å². The number of aromatic nitrogens is 1. The highest BCUT2D eigenvalue weighted by Crippen LogP contribution is 2.22. The van der Waals surface area contributed by atoms with Crippen molar-refractivity contribution in [3.8, 4) is 11.3 Å². The van der Waals surface area contributed by atoms with E-state index in [1.54, 1.807) is 18.2 Å². The number of hydrogen-bond acceptors (Lipinski definition) is 3. The third-order valence-electron chi connectivity index (χ3n) is 2.97. The van der Waals surface area contributed by atoms with Crippen molar-refractivity contribution in [1.82, 2.24) is 5.16 Å². The van der Waals surface area contributed by atoms with Gasteiger partial charge in [-0.15, -0.1) is 0 Å². The molecule has 110 valence electrons. The average molecular weight is 425 g/mol. The molecule has 0 aliphatic carbocycles. The summed E-state index contributed by atoms with van der Waals surface area (Å²) >= 11 is 8.05. The standard InChI is InChI=1S/C16H10ClIN2O2/c17-11-3-1-10(2-4-11)15-9-14(20-22-15)16(21)19-13-7-5-12(18)6-8-13/h1-9H,(H,19,21). The molecule has 0 spiro atoms. The van der Waals surface area contributed by atoms with Crippen LogP contribution in [0, 0.1) is 3.57 Å². The van der Waals surface area contributed by atoms with Crippen LogP contribution in [0.1, 0.15) is 10.5 Å². The number of nitrogens with zero attached hydrogens (tertiary/aromatic N) is 1. The summed E-state index contributed by atoms with van der Waals surface area (Å²) in [5.41, 5.74) is 1.75. The Morgan fingerprint density at radius 2 is 1.77 bits per heavy atom. The number of anilines is 1. The lowest BCUT2D eigenvalue weighted by atomic mass is 10.1. The third-order valence-corrected chi connectivity index (χ3v) is 3.94. The zero-order valence-electron chi connectivity index (χ0n) is 11.2. The molecular formula is C16H10ClIN2O2. The Morgan fingerprint density at radius 1 is 1.09 bits per heavy atom. The molecule has 1 aromatic heterocycles. The summed E-state index contributed by atoms with van der Waals surface area (Å²) in [6, 6.07) is 16.2. The molecule has 3 aromatic rings. The Hall–Kier alpha value is -1.86. The van der Waals surface area contributed by atoms with Crippen LogP contribution in [0.25, 0.3) is 11.3 Å².